The minimum absolute atomic E-state index is 0.113. The number of ether oxygens (including phenoxy) is 1. The maximum atomic E-state index is 11.4. The molecule has 0 heterocycles. The van der Waals surface area contributed by atoms with Crippen LogP contribution in [0.25, 0.3) is 0 Å². The van der Waals surface area contributed by atoms with Crippen molar-refractivity contribution in [2.75, 3.05) is 6.23 Å². The molecule has 4 heteroatoms. The van der Waals surface area contributed by atoms with E-state index >= 15 is 0 Å². The molecule has 2 aromatic carbocycles. The Kier molecular flexibility index (Phi) is 6.12. The molecule has 0 saturated carbocycles. The highest BCUT2D eigenvalue weighted by atomic mass is 28.2. The fourth-order valence-electron chi connectivity index (χ4n) is 2.06. The largest absolute Gasteiger partial charge is 0.464 e. The minimum Gasteiger partial charge on any atom is -0.464 e. The van der Waals surface area contributed by atoms with E-state index in [1.165, 1.54) is 0 Å². The van der Waals surface area contributed by atoms with Crippen molar-refractivity contribution in [3.63, 3.8) is 0 Å². The van der Waals surface area contributed by atoms with Crippen LogP contribution in [0.5, 0.6) is 0 Å². The Morgan fingerprint density at radius 1 is 1.05 bits per heavy atom. The van der Waals surface area contributed by atoms with Crippen LogP contribution in [-0.2, 0) is 14.0 Å². The summed E-state index contributed by atoms with van der Waals surface area (Å²) in [6.07, 6.45) is 0.236. The van der Waals surface area contributed by atoms with Crippen molar-refractivity contribution in [1.29, 1.82) is 0 Å². The molecule has 0 aromatic heterocycles. The molecular formula is C18H20O3Si. The Hall–Kier alpha value is -2.17. The monoisotopic (exact) mass is 312 g/mol. The lowest BCUT2D eigenvalue weighted by Crippen LogP contribution is -2.17. The SMILES string of the molecule is C=C(C)C(=O)OC[SiH2]OC(c1ccccc1)c1ccccc1. The maximum Gasteiger partial charge on any atom is 0.332 e. The number of carbonyl (C=O) groups excluding carboxylic acids is 1. The summed E-state index contributed by atoms with van der Waals surface area (Å²) in [6.45, 7) is 5.20. The van der Waals surface area contributed by atoms with Gasteiger partial charge in [0, 0.05) is 5.57 Å². The predicted molar refractivity (Wildman–Crippen MR) is 90.1 cm³/mol. The zero-order valence-electron chi connectivity index (χ0n) is 12.7. The Morgan fingerprint density at radius 2 is 1.55 bits per heavy atom. The third-order valence-corrected chi connectivity index (χ3v) is 4.09. The van der Waals surface area contributed by atoms with Gasteiger partial charge in [-0.15, -0.1) is 0 Å². The van der Waals surface area contributed by atoms with Crippen LogP contribution < -0.4 is 0 Å². The van der Waals surface area contributed by atoms with Crippen LogP contribution in [0.15, 0.2) is 72.8 Å². The van der Waals surface area contributed by atoms with Crippen molar-refractivity contribution < 1.29 is 14.0 Å². The Bertz CT molecular complexity index is 571. The fourth-order valence-corrected chi connectivity index (χ4v) is 3.05. The summed E-state index contributed by atoms with van der Waals surface area (Å²) in [5.74, 6) is -0.355. The fraction of sp³-hybridized carbons (Fsp3) is 0.167. The quantitative estimate of drug-likeness (QED) is 0.341. The van der Waals surface area contributed by atoms with Gasteiger partial charge >= 0.3 is 5.97 Å². The minimum atomic E-state index is -0.983. The zero-order chi connectivity index (χ0) is 15.8. The summed E-state index contributed by atoms with van der Waals surface area (Å²) in [7, 11) is -0.983. The molecule has 0 aliphatic carbocycles. The Balaban J connectivity index is 2.01. The van der Waals surface area contributed by atoms with Gasteiger partial charge in [0.1, 0.15) is 6.23 Å². The molecule has 2 aromatic rings. The summed E-state index contributed by atoms with van der Waals surface area (Å²) in [5.41, 5.74) is 2.62. The first-order valence-electron chi connectivity index (χ1n) is 7.22. The normalized spacial score (nSPS) is 11.0. The molecule has 0 N–H and O–H groups in total. The molecule has 0 amide bonds. The molecule has 22 heavy (non-hydrogen) atoms. The number of benzene rings is 2. The molecule has 0 spiro atoms. The number of hydrogen-bond acceptors (Lipinski definition) is 3. The highest BCUT2D eigenvalue weighted by Gasteiger charge is 2.14. The van der Waals surface area contributed by atoms with Gasteiger partial charge in [-0.1, -0.05) is 67.2 Å². The van der Waals surface area contributed by atoms with Crippen molar-refractivity contribution in [1.82, 2.24) is 0 Å². The Labute approximate surface area is 133 Å². The molecule has 0 saturated heterocycles. The van der Waals surface area contributed by atoms with Crippen LogP contribution in [0.2, 0.25) is 0 Å². The van der Waals surface area contributed by atoms with Gasteiger partial charge < -0.3 is 9.16 Å². The summed E-state index contributed by atoms with van der Waals surface area (Å²) in [6, 6.07) is 20.1. The van der Waals surface area contributed by atoms with E-state index in [1.807, 2.05) is 60.7 Å². The number of hydrogen-bond donors (Lipinski definition) is 0. The van der Waals surface area contributed by atoms with Crippen molar-refractivity contribution in [3.8, 4) is 0 Å². The standard InChI is InChI=1S/C18H20O3Si/c1-14(2)18(19)20-13-22-21-17(15-9-5-3-6-10-15)16-11-7-4-8-12-16/h3-12,17H,1,13,22H2,2H3. The smallest absolute Gasteiger partial charge is 0.332 e. The van der Waals surface area contributed by atoms with Gasteiger partial charge in [0.2, 0.25) is 9.76 Å². The molecule has 0 bridgehead atoms. The molecule has 0 atom stereocenters. The predicted octanol–water partition coefficient (Wildman–Crippen LogP) is 2.95. The van der Waals surface area contributed by atoms with Gasteiger partial charge in [-0.25, -0.2) is 4.79 Å². The highest BCUT2D eigenvalue weighted by molar-refractivity contribution is 6.27. The number of rotatable bonds is 7. The molecule has 0 unspecified atom stereocenters. The average Bonchev–Trinajstić information content (AvgIpc) is 2.56. The van der Waals surface area contributed by atoms with Gasteiger partial charge in [0.15, 0.2) is 0 Å². The molecule has 3 nitrogen and oxygen atoms in total. The highest BCUT2D eigenvalue weighted by Crippen LogP contribution is 2.25. The second-order valence-corrected chi connectivity index (χ2v) is 6.14. The van der Waals surface area contributed by atoms with Crippen LogP contribution in [-0.4, -0.2) is 22.0 Å². The van der Waals surface area contributed by atoms with Crippen molar-refractivity contribution >= 4 is 15.7 Å². The zero-order valence-corrected chi connectivity index (χ0v) is 14.1. The van der Waals surface area contributed by atoms with Gasteiger partial charge in [-0.2, -0.15) is 0 Å². The van der Waals surface area contributed by atoms with E-state index in [-0.39, 0.29) is 12.1 Å². The van der Waals surface area contributed by atoms with Crippen molar-refractivity contribution in [2.24, 2.45) is 0 Å². The molecule has 0 fully saturated rings. The number of carbonyl (C=O) groups is 1. The molecule has 2 rings (SSSR count). The Morgan fingerprint density at radius 3 is 2.00 bits per heavy atom. The van der Waals surface area contributed by atoms with E-state index in [0.29, 0.717) is 11.8 Å². The summed E-state index contributed by atoms with van der Waals surface area (Å²) in [4.78, 5) is 11.4. The second kappa shape index (κ2) is 8.31. The van der Waals surface area contributed by atoms with Crippen LogP contribution in [0.4, 0.5) is 0 Å². The lowest BCUT2D eigenvalue weighted by Gasteiger charge is -2.19. The van der Waals surface area contributed by atoms with Crippen molar-refractivity contribution in [3.05, 3.63) is 83.9 Å². The number of esters is 1. The van der Waals surface area contributed by atoms with Crippen molar-refractivity contribution in [2.45, 2.75) is 13.0 Å². The molecular weight excluding hydrogens is 292 g/mol. The van der Waals surface area contributed by atoms with Gasteiger partial charge in [0.05, 0.1) is 6.10 Å². The van der Waals surface area contributed by atoms with Gasteiger partial charge in [-0.05, 0) is 18.1 Å². The van der Waals surface area contributed by atoms with Gasteiger partial charge in [0.25, 0.3) is 0 Å². The molecule has 0 aliphatic rings. The molecule has 0 aliphatic heterocycles. The first-order chi connectivity index (χ1) is 10.7. The summed E-state index contributed by atoms with van der Waals surface area (Å²) >= 11 is 0. The first-order valence-corrected chi connectivity index (χ1v) is 8.80. The maximum absolute atomic E-state index is 11.4. The van der Waals surface area contributed by atoms with E-state index < -0.39 is 9.76 Å². The lowest BCUT2D eigenvalue weighted by atomic mass is 10.0. The van der Waals surface area contributed by atoms with E-state index in [1.54, 1.807) is 6.92 Å². The van der Waals surface area contributed by atoms with Crippen LogP contribution in [0.3, 0.4) is 0 Å². The van der Waals surface area contributed by atoms with E-state index in [0.717, 1.165) is 11.1 Å². The summed E-state index contributed by atoms with van der Waals surface area (Å²) < 4.78 is 11.2. The third kappa shape index (κ3) is 4.68. The topological polar surface area (TPSA) is 35.5 Å². The second-order valence-electron chi connectivity index (χ2n) is 4.99. The van der Waals surface area contributed by atoms with Crippen LogP contribution in [0.1, 0.15) is 24.2 Å². The average molecular weight is 312 g/mol. The van der Waals surface area contributed by atoms with Crippen LogP contribution >= 0.6 is 0 Å². The lowest BCUT2D eigenvalue weighted by molar-refractivity contribution is -0.137. The van der Waals surface area contributed by atoms with E-state index in [4.69, 9.17) is 9.16 Å². The van der Waals surface area contributed by atoms with Crippen LogP contribution in [0, 0.1) is 0 Å². The molecule has 114 valence electrons. The summed E-state index contributed by atoms with van der Waals surface area (Å²) in [5, 5.41) is 0. The third-order valence-electron chi connectivity index (χ3n) is 3.15. The first kappa shape index (κ1) is 16.2. The van der Waals surface area contributed by atoms with E-state index in [9.17, 15) is 4.79 Å². The van der Waals surface area contributed by atoms with E-state index in [2.05, 4.69) is 6.58 Å². The molecule has 0 radical (unpaired) electrons. The van der Waals surface area contributed by atoms with Gasteiger partial charge in [-0.3, -0.25) is 0 Å².